The topological polar surface area (TPSA) is 186 Å². The van der Waals surface area contributed by atoms with Crippen LogP contribution in [0.15, 0.2) is 89.5 Å². The molecule has 0 aliphatic heterocycles. The first-order valence-corrected chi connectivity index (χ1v) is 17.8. The number of carboxylic acid groups (broad SMARTS) is 1. The highest BCUT2D eigenvalue weighted by atomic mass is 16.6. The van der Waals surface area contributed by atoms with E-state index in [0.29, 0.717) is 16.9 Å². The van der Waals surface area contributed by atoms with Gasteiger partial charge in [0.25, 0.3) is 0 Å². The molecular formula is C40H53N5O8. The molecule has 0 radical (unpaired) electrons. The lowest BCUT2D eigenvalue weighted by Gasteiger charge is -2.42. The number of carbonyl (C=O) groups excluding carboxylic acids is 2. The number of pyridine rings is 1. The fourth-order valence-corrected chi connectivity index (χ4v) is 6.22. The van der Waals surface area contributed by atoms with E-state index in [4.69, 9.17) is 9.15 Å². The molecule has 286 valence electrons. The van der Waals surface area contributed by atoms with Crippen LogP contribution in [0.1, 0.15) is 58.4 Å². The molecule has 6 N–H and O–H groups in total. The van der Waals surface area contributed by atoms with Gasteiger partial charge in [-0.15, -0.1) is 0 Å². The van der Waals surface area contributed by atoms with Gasteiger partial charge in [0, 0.05) is 30.9 Å². The van der Waals surface area contributed by atoms with E-state index in [1.54, 1.807) is 65.9 Å². The van der Waals surface area contributed by atoms with E-state index in [0.717, 1.165) is 11.1 Å². The van der Waals surface area contributed by atoms with Gasteiger partial charge < -0.3 is 40.4 Å². The van der Waals surface area contributed by atoms with Gasteiger partial charge >= 0.3 is 12.2 Å². The summed E-state index contributed by atoms with van der Waals surface area (Å²) in [4.78, 5) is 44.7. The lowest BCUT2D eigenvalue weighted by molar-refractivity contribution is -0.127. The first-order chi connectivity index (χ1) is 25.0. The maximum absolute atomic E-state index is 13.9. The number of carbonyl (C=O) groups is 3. The molecule has 5 atom stereocenters. The summed E-state index contributed by atoms with van der Waals surface area (Å²) in [5.41, 5.74) is 1.38. The van der Waals surface area contributed by atoms with Gasteiger partial charge in [-0.1, -0.05) is 81.4 Å². The van der Waals surface area contributed by atoms with Crippen LogP contribution >= 0.6 is 0 Å². The molecule has 2 aromatic carbocycles. The molecule has 0 saturated heterocycles. The molecule has 53 heavy (non-hydrogen) atoms. The molecule has 0 unspecified atom stereocenters. The monoisotopic (exact) mass is 731 g/mol. The number of ether oxygens (including phenoxy) is 1. The van der Waals surface area contributed by atoms with Crippen molar-refractivity contribution in [3.8, 4) is 0 Å². The van der Waals surface area contributed by atoms with Crippen LogP contribution in [0, 0.1) is 5.41 Å². The zero-order valence-corrected chi connectivity index (χ0v) is 31.3. The number of aliphatic hydroxyl groups is 2. The van der Waals surface area contributed by atoms with E-state index in [1.165, 1.54) is 4.90 Å². The van der Waals surface area contributed by atoms with Gasteiger partial charge in [-0.3, -0.25) is 14.7 Å². The number of aromatic nitrogens is 1. The Labute approximate surface area is 310 Å². The molecule has 2 heterocycles. The minimum absolute atomic E-state index is 0.0280. The number of fused-ring (bicyclic) bond motifs is 1. The number of nitrogens with one attached hydrogen (secondary N) is 3. The molecule has 0 saturated carbocycles. The zero-order valence-electron chi connectivity index (χ0n) is 31.3. The van der Waals surface area contributed by atoms with E-state index >= 15 is 0 Å². The second-order valence-corrected chi connectivity index (χ2v) is 15.3. The van der Waals surface area contributed by atoms with Gasteiger partial charge in [-0.2, -0.15) is 0 Å². The van der Waals surface area contributed by atoms with Gasteiger partial charge in [0.1, 0.15) is 17.3 Å². The molecule has 0 bridgehead atoms. The highest BCUT2D eigenvalue weighted by molar-refractivity contribution is 5.86. The molecule has 3 amide bonds. The van der Waals surface area contributed by atoms with Crippen molar-refractivity contribution in [3.63, 3.8) is 0 Å². The number of aliphatic hydroxyl groups excluding tert-OH is 2. The maximum atomic E-state index is 13.9. The van der Waals surface area contributed by atoms with Crippen LogP contribution in [0.3, 0.4) is 0 Å². The standard InChI is InChI=1S/C40H53N5O8/c1-39(2,3)35(44-37(49)52-25-28-22-30-34(53-28)18-13-19-42-30)36(48)43-29(20-26-14-9-7-10-15-26)32(46)23-41-24-33(47)31(21-27-16-11-8-12-17-27)45(38(50)51)40(4,5)6/h7-19,22,29,31-33,35,41,46-47H,20-21,23-25H2,1-6H3,(H,43,48)(H,44,49)(H,50,51)/t29-,31-,32+,33+,35+/m0/s1. The van der Waals surface area contributed by atoms with Crippen molar-refractivity contribution in [2.75, 3.05) is 13.1 Å². The molecule has 4 aromatic rings. The summed E-state index contributed by atoms with van der Waals surface area (Å²) in [6, 6.07) is 21.3. The Morgan fingerprint density at radius 3 is 2.00 bits per heavy atom. The van der Waals surface area contributed by atoms with Gasteiger partial charge in [0.05, 0.1) is 24.3 Å². The number of hydrogen-bond acceptors (Lipinski definition) is 9. The Kier molecular flexibility index (Phi) is 14.0. The molecule has 13 heteroatoms. The van der Waals surface area contributed by atoms with Crippen molar-refractivity contribution in [2.24, 2.45) is 5.41 Å². The Bertz CT molecular complexity index is 1740. The van der Waals surface area contributed by atoms with Crippen LogP contribution in [0.4, 0.5) is 9.59 Å². The number of benzene rings is 2. The van der Waals surface area contributed by atoms with Crippen LogP contribution in [-0.4, -0.2) is 92.3 Å². The molecule has 2 aromatic heterocycles. The Balaban J connectivity index is 1.43. The fourth-order valence-electron chi connectivity index (χ4n) is 6.22. The lowest BCUT2D eigenvalue weighted by atomic mass is 9.85. The zero-order chi connectivity index (χ0) is 38.8. The van der Waals surface area contributed by atoms with Crippen molar-refractivity contribution < 1.29 is 38.9 Å². The van der Waals surface area contributed by atoms with E-state index in [2.05, 4.69) is 20.9 Å². The van der Waals surface area contributed by atoms with Crippen LogP contribution in [0.25, 0.3) is 11.1 Å². The number of nitrogens with zero attached hydrogens (tertiary/aromatic N) is 2. The molecule has 4 rings (SSSR count). The second-order valence-electron chi connectivity index (χ2n) is 15.3. The van der Waals surface area contributed by atoms with Crippen LogP contribution < -0.4 is 16.0 Å². The Morgan fingerprint density at radius 2 is 1.43 bits per heavy atom. The van der Waals surface area contributed by atoms with Gasteiger partial charge in [0.15, 0.2) is 12.2 Å². The summed E-state index contributed by atoms with van der Waals surface area (Å²) < 4.78 is 11.1. The summed E-state index contributed by atoms with van der Waals surface area (Å²) in [6.45, 7) is 10.5. The summed E-state index contributed by atoms with van der Waals surface area (Å²) in [5, 5.41) is 41.8. The maximum Gasteiger partial charge on any atom is 0.408 e. The van der Waals surface area contributed by atoms with Crippen LogP contribution in [0.5, 0.6) is 0 Å². The SMILES string of the molecule is CC(C)(C)[C@H](NC(=O)OCc1cc2ncccc2o1)C(=O)N[C@@H](Cc1ccccc1)[C@H](O)CNC[C@@H](O)[C@H](Cc1ccccc1)N(C(=O)O)C(C)(C)C. The van der Waals surface area contributed by atoms with Crippen molar-refractivity contribution in [1.29, 1.82) is 0 Å². The average Bonchev–Trinajstić information content (AvgIpc) is 3.52. The highest BCUT2D eigenvalue weighted by Gasteiger charge is 2.38. The molecule has 0 spiro atoms. The lowest BCUT2D eigenvalue weighted by Crippen LogP contribution is -2.59. The second kappa shape index (κ2) is 18.2. The smallest absolute Gasteiger partial charge is 0.408 e. The van der Waals surface area contributed by atoms with Crippen molar-refractivity contribution in [1.82, 2.24) is 25.8 Å². The average molecular weight is 732 g/mol. The number of alkyl carbamates (subject to hydrolysis) is 1. The molecule has 0 aliphatic rings. The van der Waals surface area contributed by atoms with Crippen molar-refractivity contribution >= 4 is 29.2 Å². The first kappa shape index (κ1) is 40.8. The first-order valence-electron chi connectivity index (χ1n) is 17.8. The van der Waals surface area contributed by atoms with E-state index < -0.39 is 59.4 Å². The minimum atomic E-state index is -1.15. The summed E-state index contributed by atoms with van der Waals surface area (Å²) >= 11 is 0. The molecule has 13 nitrogen and oxygen atoms in total. The van der Waals surface area contributed by atoms with Gasteiger partial charge in [-0.05, 0) is 62.3 Å². The van der Waals surface area contributed by atoms with E-state index in [-0.39, 0.29) is 32.5 Å². The van der Waals surface area contributed by atoms with Crippen LogP contribution in [0.2, 0.25) is 0 Å². The Morgan fingerprint density at radius 1 is 0.830 bits per heavy atom. The predicted octanol–water partition coefficient (Wildman–Crippen LogP) is 4.90. The highest BCUT2D eigenvalue weighted by Crippen LogP contribution is 2.24. The molecule has 0 aliphatic carbocycles. The third-order valence-corrected chi connectivity index (χ3v) is 8.86. The number of furan rings is 1. The summed E-state index contributed by atoms with van der Waals surface area (Å²) in [6.07, 6.45) is -2.05. The normalized spacial score (nSPS) is 14.8. The van der Waals surface area contributed by atoms with E-state index in [1.807, 2.05) is 60.7 Å². The molecular weight excluding hydrogens is 678 g/mol. The molecule has 0 fully saturated rings. The van der Waals surface area contributed by atoms with Gasteiger partial charge in [0.2, 0.25) is 5.91 Å². The summed E-state index contributed by atoms with van der Waals surface area (Å²) in [5.74, 6) is -0.123. The fraction of sp³-hybridized carbons (Fsp3) is 0.450. The number of rotatable bonds is 16. The van der Waals surface area contributed by atoms with Crippen molar-refractivity contribution in [2.45, 2.75) is 96.9 Å². The largest absolute Gasteiger partial charge is 0.465 e. The van der Waals surface area contributed by atoms with E-state index in [9.17, 15) is 29.7 Å². The number of hydrogen-bond donors (Lipinski definition) is 6. The van der Waals surface area contributed by atoms with Crippen molar-refractivity contribution in [3.05, 3.63) is 102 Å². The Hall–Kier alpha value is -4.98. The van der Waals surface area contributed by atoms with Gasteiger partial charge in [-0.25, -0.2) is 9.59 Å². The third kappa shape index (κ3) is 12.0. The minimum Gasteiger partial charge on any atom is -0.465 e. The summed E-state index contributed by atoms with van der Waals surface area (Å²) in [7, 11) is 0. The third-order valence-electron chi connectivity index (χ3n) is 8.86. The predicted molar refractivity (Wildman–Crippen MR) is 201 cm³/mol. The quantitative estimate of drug-likeness (QED) is 0.0926. The number of amides is 3. The van der Waals surface area contributed by atoms with Crippen LogP contribution in [-0.2, 0) is 29.0 Å².